The van der Waals surface area contributed by atoms with Crippen LogP contribution in [0.3, 0.4) is 0 Å². The molecule has 0 radical (unpaired) electrons. The molecule has 52 valence electrons. The van der Waals surface area contributed by atoms with Gasteiger partial charge in [0.1, 0.15) is 0 Å². The molecule has 2 heterocycles. The highest BCUT2D eigenvalue weighted by Gasteiger charge is 1.99. The van der Waals surface area contributed by atoms with Gasteiger partial charge < -0.3 is 0 Å². The Morgan fingerprint density at radius 2 is 2.36 bits per heavy atom. The molecule has 0 fully saturated rings. The van der Waals surface area contributed by atoms with Crippen molar-refractivity contribution < 1.29 is 0 Å². The van der Waals surface area contributed by atoms with Gasteiger partial charge in [0.15, 0.2) is 5.65 Å². The lowest BCUT2D eigenvalue weighted by Crippen LogP contribution is -1.92. The van der Waals surface area contributed by atoms with Gasteiger partial charge in [-0.2, -0.15) is 9.61 Å². The van der Waals surface area contributed by atoms with Crippen LogP contribution in [0.15, 0.2) is 18.3 Å². The maximum absolute atomic E-state index is 5.15. The Labute approximate surface area is 62.9 Å². The number of aromatic nitrogens is 4. The van der Waals surface area contributed by atoms with E-state index in [-0.39, 0.29) is 0 Å². The highest BCUT2D eigenvalue weighted by atomic mass is 15.4. The summed E-state index contributed by atoms with van der Waals surface area (Å²) in [5.41, 5.74) is 0.667. The van der Waals surface area contributed by atoms with Gasteiger partial charge in [-0.05, 0) is 18.1 Å². The predicted molar refractivity (Wildman–Crippen MR) is 38.7 cm³/mol. The Morgan fingerprint density at radius 3 is 3.18 bits per heavy atom. The third kappa shape index (κ3) is 0.749. The number of fused-ring (bicyclic) bond motifs is 1. The maximum Gasteiger partial charge on any atom is 0.228 e. The molecule has 0 saturated carbocycles. The summed E-state index contributed by atoms with van der Waals surface area (Å²) in [5.74, 6) is 2.81. The third-order valence-electron chi connectivity index (χ3n) is 1.31. The van der Waals surface area contributed by atoms with Crippen LogP contribution in [0.2, 0.25) is 0 Å². The molecular formula is C7H4N4. The van der Waals surface area contributed by atoms with Gasteiger partial charge in [-0.3, -0.25) is 0 Å². The second-order valence-corrected chi connectivity index (χ2v) is 1.96. The van der Waals surface area contributed by atoms with E-state index >= 15 is 0 Å². The van der Waals surface area contributed by atoms with Crippen LogP contribution in [0.1, 0.15) is 5.82 Å². The second-order valence-electron chi connectivity index (χ2n) is 1.96. The maximum atomic E-state index is 5.15. The van der Waals surface area contributed by atoms with Crippen LogP contribution in [-0.2, 0) is 0 Å². The Bertz CT molecular complexity index is 423. The lowest BCUT2D eigenvalue weighted by atomic mass is 10.5. The zero-order valence-electron chi connectivity index (χ0n) is 5.60. The first-order chi connectivity index (χ1) is 5.42. The summed E-state index contributed by atoms with van der Waals surface area (Å²) in [6.45, 7) is 0. The molecule has 0 aliphatic heterocycles. The molecule has 0 saturated heterocycles. The molecule has 2 aromatic rings. The van der Waals surface area contributed by atoms with Crippen LogP contribution in [0.25, 0.3) is 5.65 Å². The summed E-state index contributed by atoms with van der Waals surface area (Å²) >= 11 is 0. The van der Waals surface area contributed by atoms with Crippen LogP contribution >= 0.6 is 0 Å². The smallest absolute Gasteiger partial charge is 0.186 e. The molecule has 11 heavy (non-hydrogen) atoms. The van der Waals surface area contributed by atoms with Gasteiger partial charge in [0.25, 0.3) is 0 Å². The van der Waals surface area contributed by atoms with Gasteiger partial charge in [0.2, 0.25) is 5.82 Å². The first-order valence-electron chi connectivity index (χ1n) is 3.05. The zero-order chi connectivity index (χ0) is 7.68. The average Bonchev–Trinajstić information content (AvgIpc) is 2.47. The highest BCUT2D eigenvalue weighted by molar-refractivity contribution is 5.37. The molecule has 0 unspecified atom stereocenters. The Hall–Kier alpha value is -1.89. The fourth-order valence-corrected chi connectivity index (χ4v) is 0.834. The number of nitrogens with zero attached hydrogens (tertiary/aromatic N) is 4. The lowest BCUT2D eigenvalue weighted by Gasteiger charge is -1.87. The fraction of sp³-hybridized carbons (Fsp3) is 0. The minimum Gasteiger partial charge on any atom is -0.186 e. The summed E-state index contributed by atoms with van der Waals surface area (Å²) in [6, 6.07) is 3.57. The lowest BCUT2D eigenvalue weighted by molar-refractivity contribution is 0.909. The summed E-state index contributed by atoms with van der Waals surface area (Å²) in [7, 11) is 0. The molecule has 0 amide bonds. The van der Waals surface area contributed by atoms with Gasteiger partial charge >= 0.3 is 0 Å². The molecular weight excluding hydrogens is 140 g/mol. The Kier molecular flexibility index (Phi) is 1.10. The molecule has 0 bridgehead atoms. The van der Waals surface area contributed by atoms with E-state index in [0.717, 1.165) is 0 Å². The van der Waals surface area contributed by atoms with Crippen molar-refractivity contribution in [3.63, 3.8) is 0 Å². The molecule has 0 aliphatic carbocycles. The average molecular weight is 144 g/mol. The standard InChI is InChI=1S/C7H4N4/c1-2-6-9-10-7-4-3-5-8-11(6)7/h1,3-5H. The minimum absolute atomic E-state index is 0.431. The SMILES string of the molecule is C#Cc1nnc2cccnn12. The van der Waals surface area contributed by atoms with Gasteiger partial charge in [-0.1, -0.05) is 0 Å². The van der Waals surface area contributed by atoms with Crippen molar-refractivity contribution >= 4 is 5.65 Å². The fourth-order valence-electron chi connectivity index (χ4n) is 0.834. The van der Waals surface area contributed by atoms with Crippen LogP contribution < -0.4 is 0 Å². The van der Waals surface area contributed by atoms with E-state index in [2.05, 4.69) is 21.2 Å². The van der Waals surface area contributed by atoms with E-state index in [1.807, 2.05) is 0 Å². The number of hydrogen-bond donors (Lipinski definition) is 0. The summed E-state index contributed by atoms with van der Waals surface area (Å²) in [6.07, 6.45) is 6.78. The Morgan fingerprint density at radius 1 is 1.45 bits per heavy atom. The first kappa shape index (κ1) is 5.86. The quantitative estimate of drug-likeness (QED) is 0.493. The molecule has 0 N–H and O–H groups in total. The third-order valence-corrected chi connectivity index (χ3v) is 1.31. The molecule has 0 atom stereocenters. The van der Waals surface area contributed by atoms with E-state index in [1.165, 1.54) is 4.52 Å². The van der Waals surface area contributed by atoms with Crippen LogP contribution in [0, 0.1) is 12.3 Å². The van der Waals surface area contributed by atoms with Crippen LogP contribution in [0.5, 0.6) is 0 Å². The van der Waals surface area contributed by atoms with Crippen LogP contribution in [0.4, 0.5) is 0 Å². The van der Waals surface area contributed by atoms with E-state index in [0.29, 0.717) is 11.5 Å². The van der Waals surface area contributed by atoms with Crippen LogP contribution in [-0.4, -0.2) is 19.8 Å². The van der Waals surface area contributed by atoms with E-state index in [4.69, 9.17) is 6.42 Å². The predicted octanol–water partition coefficient (Wildman–Crippen LogP) is 0.106. The largest absolute Gasteiger partial charge is 0.228 e. The van der Waals surface area contributed by atoms with Crippen molar-refractivity contribution in [1.82, 2.24) is 19.8 Å². The van der Waals surface area contributed by atoms with Crippen molar-refractivity contribution in [1.29, 1.82) is 0 Å². The second kappa shape index (κ2) is 2.06. The summed E-state index contributed by atoms with van der Waals surface area (Å²) < 4.78 is 1.51. The van der Waals surface area contributed by atoms with E-state index in [1.54, 1.807) is 18.3 Å². The topological polar surface area (TPSA) is 43.1 Å². The number of rotatable bonds is 0. The number of hydrogen-bond acceptors (Lipinski definition) is 3. The van der Waals surface area contributed by atoms with Gasteiger partial charge in [-0.15, -0.1) is 16.6 Å². The molecule has 0 aromatic carbocycles. The summed E-state index contributed by atoms with van der Waals surface area (Å²) in [5, 5.41) is 11.5. The molecule has 0 spiro atoms. The highest BCUT2D eigenvalue weighted by Crippen LogP contribution is 1.97. The molecule has 4 heteroatoms. The van der Waals surface area contributed by atoms with Gasteiger partial charge in [0.05, 0.1) is 0 Å². The Balaban J connectivity index is 2.89. The normalized spacial score (nSPS) is 9.73. The first-order valence-corrected chi connectivity index (χ1v) is 3.05. The molecule has 2 rings (SSSR count). The van der Waals surface area contributed by atoms with Crippen molar-refractivity contribution in [2.45, 2.75) is 0 Å². The molecule has 4 nitrogen and oxygen atoms in total. The van der Waals surface area contributed by atoms with E-state index < -0.39 is 0 Å². The van der Waals surface area contributed by atoms with Crippen molar-refractivity contribution in [3.8, 4) is 12.3 Å². The summed E-state index contributed by atoms with van der Waals surface area (Å²) in [4.78, 5) is 0. The van der Waals surface area contributed by atoms with Gasteiger partial charge in [0, 0.05) is 6.20 Å². The monoisotopic (exact) mass is 144 g/mol. The van der Waals surface area contributed by atoms with Crippen molar-refractivity contribution in [2.75, 3.05) is 0 Å². The van der Waals surface area contributed by atoms with Crippen molar-refractivity contribution in [2.24, 2.45) is 0 Å². The van der Waals surface area contributed by atoms with E-state index in [9.17, 15) is 0 Å². The molecule has 0 aliphatic rings. The number of terminal acetylenes is 1. The zero-order valence-corrected chi connectivity index (χ0v) is 5.60. The molecule has 2 aromatic heterocycles. The minimum atomic E-state index is 0.431. The van der Waals surface area contributed by atoms with Crippen molar-refractivity contribution in [3.05, 3.63) is 24.2 Å². The van der Waals surface area contributed by atoms with Gasteiger partial charge in [-0.25, -0.2) is 0 Å².